The molecule has 2 amide bonds. The van der Waals surface area contributed by atoms with Gasteiger partial charge in [0.25, 0.3) is 0 Å². The monoisotopic (exact) mass is 368 g/mol. The van der Waals surface area contributed by atoms with Gasteiger partial charge in [0.15, 0.2) is 19.7 Å². The van der Waals surface area contributed by atoms with Gasteiger partial charge in [0.05, 0.1) is 23.0 Å². The number of amides is 2. The number of carbonyl (C=O) groups excluding carboxylic acids is 2. The van der Waals surface area contributed by atoms with Crippen molar-refractivity contribution in [1.82, 2.24) is 10.6 Å². The number of carbonyl (C=O) groups is 2. The molecule has 11 heteroatoms. The van der Waals surface area contributed by atoms with Gasteiger partial charge in [-0.15, -0.1) is 0 Å². The van der Waals surface area contributed by atoms with Crippen LogP contribution in [0, 0.1) is 0 Å². The molecule has 0 spiro atoms. The summed E-state index contributed by atoms with van der Waals surface area (Å²) in [5.74, 6) is -0.992. The summed E-state index contributed by atoms with van der Waals surface area (Å²) in [6, 6.07) is -0.817. The van der Waals surface area contributed by atoms with E-state index >= 15 is 0 Å². The zero-order chi connectivity index (χ0) is 17.1. The average molecular weight is 368 g/mol. The molecule has 2 unspecified atom stereocenters. The quantitative estimate of drug-likeness (QED) is 0.534. The van der Waals surface area contributed by atoms with Crippen LogP contribution in [0.4, 0.5) is 0 Å². The SMILES string of the molecule is O=C(COCC(=O)NC1CCS(=O)(=O)C1)NC1CCS(=O)(=O)C1. The zero-order valence-corrected chi connectivity index (χ0v) is 14.1. The van der Waals surface area contributed by atoms with Crippen molar-refractivity contribution in [3.8, 4) is 0 Å². The Kier molecular flexibility index (Phi) is 5.63. The lowest BCUT2D eigenvalue weighted by Gasteiger charge is -2.12. The number of hydrogen-bond acceptors (Lipinski definition) is 7. The van der Waals surface area contributed by atoms with Crippen LogP contribution in [0.5, 0.6) is 0 Å². The fourth-order valence-corrected chi connectivity index (χ4v) is 5.94. The van der Waals surface area contributed by atoms with Gasteiger partial charge in [-0.05, 0) is 12.8 Å². The highest BCUT2D eigenvalue weighted by molar-refractivity contribution is 7.91. The summed E-state index contributed by atoms with van der Waals surface area (Å²) in [5, 5.41) is 5.08. The van der Waals surface area contributed by atoms with E-state index in [1.807, 2.05) is 0 Å². The number of rotatable bonds is 6. The van der Waals surface area contributed by atoms with Gasteiger partial charge in [0.1, 0.15) is 13.2 Å². The third-order valence-corrected chi connectivity index (χ3v) is 7.20. The lowest BCUT2D eigenvalue weighted by atomic mass is 10.2. The van der Waals surface area contributed by atoms with Crippen LogP contribution in [-0.2, 0) is 34.0 Å². The van der Waals surface area contributed by atoms with Crippen LogP contribution in [0.15, 0.2) is 0 Å². The van der Waals surface area contributed by atoms with Crippen molar-refractivity contribution in [3.05, 3.63) is 0 Å². The zero-order valence-electron chi connectivity index (χ0n) is 12.5. The Bertz CT molecular complexity index is 614. The van der Waals surface area contributed by atoms with Crippen molar-refractivity contribution in [2.45, 2.75) is 24.9 Å². The van der Waals surface area contributed by atoms with Gasteiger partial charge in [-0.25, -0.2) is 16.8 Å². The number of ether oxygens (including phenoxy) is 1. The van der Waals surface area contributed by atoms with E-state index in [0.29, 0.717) is 12.8 Å². The summed E-state index contributed by atoms with van der Waals surface area (Å²) >= 11 is 0. The maximum Gasteiger partial charge on any atom is 0.246 e. The van der Waals surface area contributed by atoms with E-state index in [-0.39, 0.29) is 36.2 Å². The Hall–Kier alpha value is -1.20. The molecule has 2 atom stereocenters. The van der Waals surface area contributed by atoms with E-state index in [1.54, 1.807) is 0 Å². The smallest absolute Gasteiger partial charge is 0.246 e. The fraction of sp³-hybridized carbons (Fsp3) is 0.833. The van der Waals surface area contributed by atoms with E-state index in [2.05, 4.69) is 10.6 Å². The van der Waals surface area contributed by atoms with Crippen LogP contribution < -0.4 is 10.6 Å². The average Bonchev–Trinajstić information content (AvgIpc) is 2.91. The van der Waals surface area contributed by atoms with E-state index in [0.717, 1.165) is 0 Å². The molecule has 2 N–H and O–H groups in total. The van der Waals surface area contributed by atoms with Crippen molar-refractivity contribution in [2.24, 2.45) is 0 Å². The first-order valence-electron chi connectivity index (χ1n) is 7.22. The Morgan fingerprint density at radius 2 is 1.22 bits per heavy atom. The highest BCUT2D eigenvalue weighted by Crippen LogP contribution is 2.11. The van der Waals surface area contributed by atoms with Crippen LogP contribution in [-0.4, -0.2) is 77.0 Å². The molecule has 0 aromatic heterocycles. The summed E-state index contributed by atoms with van der Waals surface area (Å²) < 4.78 is 50.0. The topological polar surface area (TPSA) is 136 Å². The number of hydrogen-bond donors (Lipinski definition) is 2. The second-order valence-electron chi connectivity index (χ2n) is 5.83. The first-order valence-corrected chi connectivity index (χ1v) is 10.9. The van der Waals surface area contributed by atoms with Crippen LogP contribution >= 0.6 is 0 Å². The summed E-state index contributed by atoms with van der Waals surface area (Å²) in [6.45, 7) is -0.708. The molecule has 2 heterocycles. The largest absolute Gasteiger partial charge is 0.362 e. The summed E-state index contributed by atoms with van der Waals surface area (Å²) in [5.41, 5.74) is 0. The maximum absolute atomic E-state index is 11.6. The molecule has 23 heavy (non-hydrogen) atoms. The van der Waals surface area contributed by atoms with Crippen molar-refractivity contribution in [2.75, 3.05) is 36.2 Å². The van der Waals surface area contributed by atoms with Gasteiger partial charge >= 0.3 is 0 Å². The van der Waals surface area contributed by atoms with Crippen LogP contribution in [0.1, 0.15) is 12.8 Å². The van der Waals surface area contributed by atoms with E-state index < -0.39 is 43.6 Å². The number of nitrogens with one attached hydrogen (secondary N) is 2. The van der Waals surface area contributed by atoms with Gasteiger partial charge in [-0.3, -0.25) is 9.59 Å². The molecule has 0 aromatic rings. The first kappa shape index (κ1) is 18.1. The van der Waals surface area contributed by atoms with E-state index in [4.69, 9.17) is 4.74 Å². The van der Waals surface area contributed by atoms with Crippen molar-refractivity contribution in [1.29, 1.82) is 0 Å². The lowest BCUT2D eigenvalue weighted by molar-refractivity contribution is -0.131. The summed E-state index contributed by atoms with van der Waals surface area (Å²) in [4.78, 5) is 23.2. The molecule has 132 valence electrons. The van der Waals surface area contributed by atoms with Gasteiger partial charge in [0, 0.05) is 12.1 Å². The minimum absolute atomic E-state index is 0.0610. The van der Waals surface area contributed by atoms with Crippen LogP contribution in [0.25, 0.3) is 0 Å². The van der Waals surface area contributed by atoms with E-state index in [9.17, 15) is 26.4 Å². The van der Waals surface area contributed by atoms with Crippen molar-refractivity contribution < 1.29 is 31.2 Å². The number of sulfone groups is 2. The Morgan fingerprint density at radius 3 is 1.52 bits per heavy atom. The van der Waals surface area contributed by atoms with Gasteiger partial charge in [0.2, 0.25) is 11.8 Å². The predicted molar refractivity (Wildman–Crippen MR) is 81.2 cm³/mol. The standard InChI is InChI=1S/C12H20N2O7S2/c15-11(13-9-1-3-22(17,18)7-9)5-21-6-12(16)14-10-2-4-23(19,20)8-10/h9-10H,1-8H2,(H,13,15)(H,14,16). The molecule has 2 rings (SSSR count). The summed E-state index contributed by atoms with van der Waals surface area (Å²) in [6.07, 6.45) is 0.759. The second kappa shape index (κ2) is 7.14. The van der Waals surface area contributed by atoms with Gasteiger partial charge in [-0.2, -0.15) is 0 Å². The third kappa shape index (κ3) is 6.07. The molecule has 2 saturated heterocycles. The van der Waals surface area contributed by atoms with Crippen molar-refractivity contribution in [3.63, 3.8) is 0 Å². The lowest BCUT2D eigenvalue weighted by Crippen LogP contribution is -2.40. The van der Waals surface area contributed by atoms with Crippen LogP contribution in [0.2, 0.25) is 0 Å². The normalized spacial score (nSPS) is 28.3. The van der Waals surface area contributed by atoms with E-state index in [1.165, 1.54) is 0 Å². The van der Waals surface area contributed by atoms with Gasteiger partial charge in [-0.1, -0.05) is 0 Å². The summed E-state index contributed by atoms with van der Waals surface area (Å²) in [7, 11) is -6.13. The molecule has 2 fully saturated rings. The molecule has 0 bridgehead atoms. The third-order valence-electron chi connectivity index (χ3n) is 3.66. The molecule has 2 aliphatic heterocycles. The highest BCUT2D eigenvalue weighted by Gasteiger charge is 2.30. The molecule has 0 saturated carbocycles. The molecule has 0 aliphatic carbocycles. The molecule has 2 aliphatic rings. The predicted octanol–water partition coefficient (Wildman–Crippen LogP) is -2.39. The minimum Gasteiger partial charge on any atom is -0.362 e. The Morgan fingerprint density at radius 1 is 0.826 bits per heavy atom. The highest BCUT2D eigenvalue weighted by atomic mass is 32.2. The minimum atomic E-state index is -3.07. The Balaban J connectivity index is 1.61. The fourth-order valence-electron chi connectivity index (χ4n) is 2.59. The molecular weight excluding hydrogens is 348 g/mol. The Labute approximate surface area is 135 Å². The second-order valence-corrected chi connectivity index (χ2v) is 10.3. The molecule has 9 nitrogen and oxygen atoms in total. The van der Waals surface area contributed by atoms with Crippen molar-refractivity contribution >= 4 is 31.5 Å². The molecule has 0 aromatic carbocycles. The van der Waals surface area contributed by atoms with Crippen LogP contribution in [0.3, 0.4) is 0 Å². The first-order chi connectivity index (χ1) is 10.7. The molecular formula is C12H20N2O7S2. The molecule has 0 radical (unpaired) electrons. The maximum atomic E-state index is 11.6. The van der Waals surface area contributed by atoms with Gasteiger partial charge < -0.3 is 15.4 Å².